The minimum Gasteiger partial charge on any atom is -0.298 e. The highest BCUT2D eigenvalue weighted by Gasteiger charge is 2.05. The van der Waals surface area contributed by atoms with Crippen molar-refractivity contribution in [1.82, 2.24) is 0 Å². The second kappa shape index (κ2) is 5.52. The van der Waals surface area contributed by atoms with Crippen molar-refractivity contribution in [2.24, 2.45) is 0 Å². The number of carbonyl (C=O) groups is 1. The Morgan fingerprint density at radius 3 is 2.50 bits per heavy atom. The van der Waals surface area contributed by atoms with E-state index in [-0.39, 0.29) is 0 Å². The molecule has 18 heavy (non-hydrogen) atoms. The zero-order chi connectivity index (χ0) is 13.0. The third-order valence-corrected chi connectivity index (χ3v) is 3.59. The third-order valence-electron chi connectivity index (χ3n) is 2.51. The third kappa shape index (κ3) is 2.79. The molecule has 0 aliphatic heterocycles. The van der Waals surface area contributed by atoms with E-state index >= 15 is 0 Å². The van der Waals surface area contributed by atoms with Crippen molar-refractivity contribution in [3.8, 4) is 6.07 Å². The van der Waals surface area contributed by atoms with Crippen LogP contribution in [0, 0.1) is 18.3 Å². The van der Waals surface area contributed by atoms with Crippen LogP contribution in [-0.2, 0) is 0 Å². The first-order valence-electron chi connectivity index (χ1n) is 5.47. The van der Waals surface area contributed by atoms with Crippen LogP contribution < -0.4 is 0 Å². The summed E-state index contributed by atoms with van der Waals surface area (Å²) in [5.74, 6) is 0. The quantitative estimate of drug-likeness (QED) is 0.780. The van der Waals surface area contributed by atoms with Crippen LogP contribution in [0.4, 0.5) is 0 Å². The Bertz CT molecular complexity index is 611. The standard InChI is InChI=1S/C15H11NOS/c1-11-2-5-14(6-3-11)18-15-7-4-12(10-17)8-13(15)9-16/h2-8,10H,1H3. The number of rotatable bonds is 3. The molecule has 0 N–H and O–H groups in total. The summed E-state index contributed by atoms with van der Waals surface area (Å²) in [5, 5.41) is 9.08. The number of carbonyl (C=O) groups excluding carboxylic acids is 1. The highest BCUT2D eigenvalue weighted by atomic mass is 32.2. The van der Waals surface area contributed by atoms with Crippen LogP contribution in [0.5, 0.6) is 0 Å². The summed E-state index contributed by atoms with van der Waals surface area (Å²) in [4.78, 5) is 12.6. The summed E-state index contributed by atoms with van der Waals surface area (Å²) in [6.45, 7) is 2.04. The van der Waals surface area contributed by atoms with Crippen molar-refractivity contribution < 1.29 is 4.79 Å². The van der Waals surface area contributed by atoms with E-state index in [1.807, 2.05) is 37.3 Å². The van der Waals surface area contributed by atoms with Crippen LogP contribution in [0.1, 0.15) is 21.5 Å². The smallest absolute Gasteiger partial charge is 0.150 e. The maximum absolute atomic E-state index is 10.7. The van der Waals surface area contributed by atoms with Crippen molar-refractivity contribution in [2.45, 2.75) is 16.7 Å². The first-order valence-corrected chi connectivity index (χ1v) is 6.28. The van der Waals surface area contributed by atoms with Gasteiger partial charge in [-0.1, -0.05) is 35.5 Å². The Morgan fingerprint density at radius 1 is 1.17 bits per heavy atom. The molecular weight excluding hydrogens is 242 g/mol. The van der Waals surface area contributed by atoms with Gasteiger partial charge in [-0.2, -0.15) is 5.26 Å². The van der Waals surface area contributed by atoms with E-state index < -0.39 is 0 Å². The second-order valence-corrected chi connectivity index (χ2v) is 5.02. The van der Waals surface area contributed by atoms with E-state index in [4.69, 9.17) is 5.26 Å². The number of nitrogens with zero attached hydrogens (tertiary/aromatic N) is 1. The molecule has 0 heterocycles. The van der Waals surface area contributed by atoms with Gasteiger partial charge in [-0.25, -0.2) is 0 Å². The summed E-state index contributed by atoms with van der Waals surface area (Å²) in [6, 6.07) is 15.4. The predicted octanol–water partition coefficient (Wildman–Crippen LogP) is 3.83. The molecule has 2 aromatic rings. The van der Waals surface area contributed by atoms with Crippen LogP contribution in [-0.4, -0.2) is 6.29 Å². The Morgan fingerprint density at radius 2 is 1.89 bits per heavy atom. The van der Waals surface area contributed by atoms with Gasteiger partial charge in [0.1, 0.15) is 12.4 Å². The molecule has 0 aliphatic carbocycles. The second-order valence-electron chi connectivity index (χ2n) is 3.90. The van der Waals surface area contributed by atoms with Gasteiger partial charge in [0.25, 0.3) is 0 Å². The van der Waals surface area contributed by atoms with E-state index in [9.17, 15) is 4.79 Å². The van der Waals surface area contributed by atoms with Crippen LogP contribution in [0.3, 0.4) is 0 Å². The lowest BCUT2D eigenvalue weighted by molar-refractivity contribution is 0.112. The summed E-state index contributed by atoms with van der Waals surface area (Å²) < 4.78 is 0. The van der Waals surface area contributed by atoms with E-state index in [0.29, 0.717) is 11.1 Å². The van der Waals surface area contributed by atoms with Crippen LogP contribution in [0.25, 0.3) is 0 Å². The lowest BCUT2D eigenvalue weighted by atomic mass is 10.1. The highest BCUT2D eigenvalue weighted by molar-refractivity contribution is 7.99. The molecular formula is C15H11NOS. The maximum Gasteiger partial charge on any atom is 0.150 e. The predicted molar refractivity (Wildman–Crippen MR) is 71.8 cm³/mol. The molecule has 0 aromatic heterocycles. The fourth-order valence-electron chi connectivity index (χ4n) is 1.53. The Labute approximate surface area is 110 Å². The Kier molecular flexibility index (Phi) is 3.81. The van der Waals surface area contributed by atoms with Gasteiger partial charge in [-0.3, -0.25) is 4.79 Å². The largest absolute Gasteiger partial charge is 0.298 e. The average Bonchev–Trinajstić information content (AvgIpc) is 2.41. The average molecular weight is 253 g/mol. The van der Waals surface area contributed by atoms with Crippen LogP contribution >= 0.6 is 11.8 Å². The number of aldehydes is 1. The van der Waals surface area contributed by atoms with Crippen LogP contribution in [0.2, 0.25) is 0 Å². The molecule has 3 heteroatoms. The molecule has 0 saturated heterocycles. The van der Waals surface area contributed by atoms with Gasteiger partial charge in [0.2, 0.25) is 0 Å². The molecule has 0 spiro atoms. The number of aryl methyl sites for hydroxylation is 1. The highest BCUT2D eigenvalue weighted by Crippen LogP contribution is 2.30. The molecule has 0 atom stereocenters. The Hall–Kier alpha value is -2.05. The number of nitriles is 1. The lowest BCUT2D eigenvalue weighted by Gasteiger charge is -2.04. The summed E-state index contributed by atoms with van der Waals surface area (Å²) >= 11 is 1.53. The van der Waals surface area contributed by atoms with E-state index in [0.717, 1.165) is 16.1 Å². The summed E-state index contributed by atoms with van der Waals surface area (Å²) in [7, 11) is 0. The molecule has 0 fully saturated rings. The van der Waals surface area contributed by atoms with Crippen molar-refractivity contribution in [3.63, 3.8) is 0 Å². The Balaban J connectivity index is 2.31. The lowest BCUT2D eigenvalue weighted by Crippen LogP contribution is -1.86. The molecule has 0 unspecified atom stereocenters. The fraction of sp³-hybridized carbons (Fsp3) is 0.0667. The summed E-state index contributed by atoms with van der Waals surface area (Å²) in [5.41, 5.74) is 2.26. The van der Waals surface area contributed by atoms with Gasteiger partial charge >= 0.3 is 0 Å². The molecule has 2 aromatic carbocycles. The van der Waals surface area contributed by atoms with Gasteiger partial charge in [0.05, 0.1) is 5.56 Å². The van der Waals surface area contributed by atoms with Gasteiger partial charge < -0.3 is 0 Å². The van der Waals surface area contributed by atoms with E-state index in [1.165, 1.54) is 17.3 Å². The molecule has 0 aliphatic rings. The van der Waals surface area contributed by atoms with Crippen molar-refractivity contribution in [1.29, 1.82) is 5.26 Å². The first kappa shape index (κ1) is 12.4. The molecule has 2 nitrogen and oxygen atoms in total. The minimum absolute atomic E-state index is 0.528. The van der Waals surface area contributed by atoms with Gasteiger partial charge in [0.15, 0.2) is 0 Å². The monoisotopic (exact) mass is 253 g/mol. The number of benzene rings is 2. The zero-order valence-electron chi connectivity index (χ0n) is 9.88. The number of hydrogen-bond acceptors (Lipinski definition) is 3. The molecule has 0 amide bonds. The molecule has 0 saturated carbocycles. The molecule has 88 valence electrons. The number of hydrogen-bond donors (Lipinski definition) is 0. The van der Waals surface area contributed by atoms with Gasteiger partial charge in [-0.15, -0.1) is 0 Å². The van der Waals surface area contributed by atoms with Crippen molar-refractivity contribution in [2.75, 3.05) is 0 Å². The topological polar surface area (TPSA) is 40.9 Å². The van der Waals surface area contributed by atoms with Crippen LogP contribution in [0.15, 0.2) is 52.3 Å². The van der Waals surface area contributed by atoms with E-state index in [2.05, 4.69) is 6.07 Å². The van der Waals surface area contributed by atoms with Crippen molar-refractivity contribution in [3.05, 3.63) is 59.2 Å². The van der Waals surface area contributed by atoms with E-state index in [1.54, 1.807) is 12.1 Å². The normalized spacial score (nSPS) is 9.78. The fourth-order valence-corrected chi connectivity index (χ4v) is 2.41. The SMILES string of the molecule is Cc1ccc(Sc2ccc(C=O)cc2C#N)cc1. The maximum atomic E-state index is 10.7. The first-order chi connectivity index (χ1) is 8.72. The molecule has 2 rings (SSSR count). The minimum atomic E-state index is 0.528. The molecule has 0 bridgehead atoms. The summed E-state index contributed by atoms with van der Waals surface area (Å²) in [6.07, 6.45) is 0.751. The molecule has 0 radical (unpaired) electrons. The van der Waals surface area contributed by atoms with Gasteiger partial charge in [-0.05, 0) is 31.2 Å². The zero-order valence-corrected chi connectivity index (χ0v) is 10.7. The van der Waals surface area contributed by atoms with Gasteiger partial charge in [0, 0.05) is 15.4 Å². The van der Waals surface area contributed by atoms with Crippen molar-refractivity contribution >= 4 is 18.0 Å².